The van der Waals surface area contributed by atoms with Crippen molar-refractivity contribution in [2.24, 2.45) is 0 Å². The Bertz CT molecular complexity index is 492. The molecule has 0 aliphatic rings. The van der Waals surface area contributed by atoms with Crippen LogP contribution < -0.4 is 0 Å². The first kappa shape index (κ1) is 10.6. The van der Waals surface area contributed by atoms with Gasteiger partial charge in [0.05, 0.1) is 0 Å². The molecule has 2 aromatic rings. The minimum absolute atomic E-state index is 0.154. The fourth-order valence-corrected chi connectivity index (χ4v) is 2.47. The van der Waals surface area contributed by atoms with Gasteiger partial charge in [-0.05, 0) is 21.8 Å². The van der Waals surface area contributed by atoms with Crippen molar-refractivity contribution in [2.75, 3.05) is 0 Å². The highest BCUT2D eigenvalue weighted by atomic mass is 32.1. The van der Waals surface area contributed by atoms with Crippen LogP contribution in [-0.4, -0.2) is 0 Å². The zero-order valence-electron chi connectivity index (χ0n) is 9.41. The molecule has 0 N–H and O–H groups in total. The molecule has 0 heterocycles. The third-order valence-electron chi connectivity index (χ3n) is 2.71. The van der Waals surface area contributed by atoms with Crippen LogP contribution in [0.15, 0.2) is 41.3 Å². The Morgan fingerprint density at radius 3 is 2.27 bits per heavy atom. The average molecular weight is 216 g/mol. The Balaban J connectivity index is 2.76. The van der Waals surface area contributed by atoms with E-state index in [9.17, 15) is 0 Å². The molecule has 0 spiro atoms. The first-order chi connectivity index (χ1) is 7.00. The van der Waals surface area contributed by atoms with Crippen LogP contribution in [0.1, 0.15) is 26.3 Å². The lowest BCUT2D eigenvalue weighted by Gasteiger charge is -2.22. The Labute approximate surface area is 96.7 Å². The van der Waals surface area contributed by atoms with Gasteiger partial charge in [-0.3, -0.25) is 0 Å². The predicted molar refractivity (Wildman–Crippen MR) is 69.9 cm³/mol. The van der Waals surface area contributed by atoms with Crippen LogP contribution in [-0.2, 0) is 5.41 Å². The van der Waals surface area contributed by atoms with Gasteiger partial charge in [0.15, 0.2) is 0 Å². The quantitative estimate of drug-likeness (QED) is 0.619. The highest BCUT2D eigenvalue weighted by Gasteiger charge is 2.17. The lowest BCUT2D eigenvalue weighted by Crippen LogP contribution is -2.12. The highest BCUT2D eigenvalue weighted by molar-refractivity contribution is 7.80. The fraction of sp³-hybridized carbons (Fsp3) is 0.286. The number of hydrogen-bond donors (Lipinski definition) is 1. The summed E-state index contributed by atoms with van der Waals surface area (Å²) in [6.07, 6.45) is 0. The van der Waals surface area contributed by atoms with Crippen LogP contribution >= 0.6 is 12.6 Å². The van der Waals surface area contributed by atoms with E-state index in [-0.39, 0.29) is 5.41 Å². The van der Waals surface area contributed by atoms with Gasteiger partial charge < -0.3 is 0 Å². The Morgan fingerprint density at radius 2 is 1.60 bits per heavy atom. The van der Waals surface area contributed by atoms with Crippen molar-refractivity contribution in [2.45, 2.75) is 31.1 Å². The number of rotatable bonds is 0. The summed E-state index contributed by atoms with van der Waals surface area (Å²) in [6, 6.07) is 12.7. The molecular formula is C14H16S. The van der Waals surface area contributed by atoms with E-state index in [0.717, 1.165) is 4.90 Å². The molecule has 0 amide bonds. The van der Waals surface area contributed by atoms with Crippen molar-refractivity contribution < 1.29 is 0 Å². The summed E-state index contributed by atoms with van der Waals surface area (Å²) in [6.45, 7) is 6.66. The number of thiol groups is 1. The maximum atomic E-state index is 4.66. The van der Waals surface area contributed by atoms with Gasteiger partial charge in [0.25, 0.3) is 0 Å². The van der Waals surface area contributed by atoms with E-state index in [1.807, 2.05) is 0 Å². The van der Waals surface area contributed by atoms with Gasteiger partial charge in [0.1, 0.15) is 0 Å². The highest BCUT2D eigenvalue weighted by Crippen LogP contribution is 2.33. The zero-order chi connectivity index (χ0) is 11.1. The second-order valence-electron chi connectivity index (χ2n) is 4.93. The smallest absolute Gasteiger partial charge is 0.0156 e. The largest absolute Gasteiger partial charge is 0.142 e. The minimum Gasteiger partial charge on any atom is -0.142 e. The number of fused-ring (bicyclic) bond motifs is 1. The Hall–Kier alpha value is -0.950. The van der Waals surface area contributed by atoms with Crippen LogP contribution in [0.25, 0.3) is 10.8 Å². The summed E-state index contributed by atoms with van der Waals surface area (Å²) in [5.74, 6) is 0. The number of hydrogen-bond acceptors (Lipinski definition) is 1. The first-order valence-electron chi connectivity index (χ1n) is 5.21. The second kappa shape index (κ2) is 3.57. The van der Waals surface area contributed by atoms with Gasteiger partial charge in [-0.1, -0.05) is 57.2 Å². The minimum atomic E-state index is 0.154. The molecular weight excluding hydrogens is 200 g/mol. The zero-order valence-corrected chi connectivity index (χ0v) is 10.3. The molecule has 1 heteroatoms. The maximum absolute atomic E-state index is 4.66. The third kappa shape index (κ3) is 1.89. The van der Waals surface area contributed by atoms with E-state index in [1.54, 1.807) is 0 Å². The van der Waals surface area contributed by atoms with Crippen molar-refractivity contribution in [1.82, 2.24) is 0 Å². The molecule has 0 aliphatic heterocycles. The number of benzene rings is 2. The summed E-state index contributed by atoms with van der Waals surface area (Å²) in [5, 5.41) is 2.50. The molecule has 2 rings (SSSR count). The maximum Gasteiger partial charge on any atom is 0.0156 e. The van der Waals surface area contributed by atoms with Gasteiger partial charge in [-0.2, -0.15) is 0 Å². The van der Waals surface area contributed by atoms with Crippen molar-refractivity contribution in [3.63, 3.8) is 0 Å². The Morgan fingerprint density at radius 1 is 0.933 bits per heavy atom. The van der Waals surface area contributed by atoms with Crippen molar-refractivity contribution >= 4 is 23.4 Å². The van der Waals surface area contributed by atoms with E-state index < -0.39 is 0 Å². The van der Waals surface area contributed by atoms with Gasteiger partial charge in [0, 0.05) is 4.90 Å². The van der Waals surface area contributed by atoms with E-state index in [1.165, 1.54) is 16.3 Å². The average Bonchev–Trinajstić information content (AvgIpc) is 2.16. The summed E-state index contributed by atoms with van der Waals surface area (Å²) in [5.41, 5.74) is 1.46. The van der Waals surface area contributed by atoms with Crippen LogP contribution in [0.2, 0.25) is 0 Å². The lowest BCUT2D eigenvalue weighted by atomic mass is 9.86. The molecule has 0 saturated carbocycles. The molecule has 0 bridgehead atoms. The fourth-order valence-electron chi connectivity index (χ4n) is 1.86. The summed E-state index contributed by atoms with van der Waals surface area (Å²) < 4.78 is 0. The molecule has 0 unspecified atom stereocenters. The standard InChI is InChI=1S/C14H16S/c1-14(2,3)12-9-8-10-6-4-5-7-11(10)13(12)15/h4-9,15H,1-3H3. The normalized spacial score (nSPS) is 12.0. The van der Waals surface area contributed by atoms with Crippen LogP contribution in [0.4, 0.5) is 0 Å². The van der Waals surface area contributed by atoms with Gasteiger partial charge in [-0.15, -0.1) is 12.6 Å². The van der Waals surface area contributed by atoms with Crippen LogP contribution in [0.5, 0.6) is 0 Å². The van der Waals surface area contributed by atoms with E-state index in [4.69, 9.17) is 0 Å². The molecule has 78 valence electrons. The topological polar surface area (TPSA) is 0 Å². The lowest BCUT2D eigenvalue weighted by molar-refractivity contribution is 0.580. The van der Waals surface area contributed by atoms with E-state index >= 15 is 0 Å². The van der Waals surface area contributed by atoms with E-state index in [0.29, 0.717) is 0 Å². The van der Waals surface area contributed by atoms with E-state index in [2.05, 4.69) is 69.8 Å². The van der Waals surface area contributed by atoms with Gasteiger partial charge in [-0.25, -0.2) is 0 Å². The van der Waals surface area contributed by atoms with Gasteiger partial charge >= 0.3 is 0 Å². The molecule has 0 aromatic heterocycles. The summed E-state index contributed by atoms with van der Waals surface area (Å²) in [4.78, 5) is 1.11. The van der Waals surface area contributed by atoms with Crippen molar-refractivity contribution in [3.05, 3.63) is 42.0 Å². The first-order valence-corrected chi connectivity index (χ1v) is 5.66. The summed E-state index contributed by atoms with van der Waals surface area (Å²) >= 11 is 4.66. The Kier molecular flexibility index (Phi) is 2.51. The molecule has 0 aliphatic carbocycles. The molecule has 2 aromatic carbocycles. The molecule has 0 fully saturated rings. The molecule has 15 heavy (non-hydrogen) atoms. The second-order valence-corrected chi connectivity index (χ2v) is 5.38. The predicted octanol–water partition coefficient (Wildman–Crippen LogP) is 4.43. The molecule has 0 nitrogen and oxygen atoms in total. The SMILES string of the molecule is CC(C)(C)c1ccc2ccccc2c1S. The van der Waals surface area contributed by atoms with Crippen LogP contribution in [0.3, 0.4) is 0 Å². The van der Waals surface area contributed by atoms with Gasteiger partial charge in [0.2, 0.25) is 0 Å². The molecule has 0 radical (unpaired) electrons. The monoisotopic (exact) mass is 216 g/mol. The van der Waals surface area contributed by atoms with Crippen molar-refractivity contribution in [1.29, 1.82) is 0 Å². The van der Waals surface area contributed by atoms with Crippen molar-refractivity contribution in [3.8, 4) is 0 Å². The third-order valence-corrected chi connectivity index (χ3v) is 3.19. The summed E-state index contributed by atoms with van der Waals surface area (Å²) in [7, 11) is 0. The molecule has 0 saturated heterocycles. The van der Waals surface area contributed by atoms with Crippen LogP contribution in [0, 0.1) is 0 Å². The molecule has 0 atom stereocenters.